The van der Waals surface area contributed by atoms with Gasteiger partial charge in [0, 0.05) is 12.1 Å². The molecule has 0 bridgehead atoms. The fourth-order valence-corrected chi connectivity index (χ4v) is 0.493. The minimum atomic E-state index is -0.260. The smallest absolute Gasteiger partial charge is 0.177 e. The maximum absolute atomic E-state index is 8.48. The van der Waals surface area contributed by atoms with Crippen LogP contribution in [0, 0.1) is 11.5 Å². The number of hydrogen-bond acceptors (Lipinski definition) is 3. The van der Waals surface area contributed by atoms with E-state index in [0.717, 1.165) is 0 Å². The molecule has 0 atom stereocenters. The van der Waals surface area contributed by atoms with Crippen molar-refractivity contribution >= 4 is 0 Å². The van der Waals surface area contributed by atoms with E-state index in [9.17, 15) is 0 Å². The summed E-state index contributed by atoms with van der Waals surface area (Å²) in [5.41, 5.74) is -0.260. The molecule has 0 aromatic rings. The molecular weight excluding hydrogens is 116 g/mol. The van der Waals surface area contributed by atoms with Crippen LogP contribution in [-0.2, 0) is 0 Å². The first-order chi connectivity index (χ1) is 4.12. The molecule has 0 radical (unpaired) electrons. The topological polar surface area (TPSA) is 56.0 Å². The molecular formula is C6H12N2O. The van der Waals surface area contributed by atoms with Gasteiger partial charge in [-0.15, -0.1) is 0 Å². The highest BCUT2D eigenvalue weighted by Gasteiger charge is 2.14. The summed E-state index contributed by atoms with van der Waals surface area (Å²) in [6, 6.07) is 0. The molecule has 0 spiro atoms. The minimum Gasteiger partial charge on any atom is -0.396 e. The number of nitriles is 1. The molecule has 0 aliphatic heterocycles. The third-order valence-electron chi connectivity index (χ3n) is 1.13. The lowest BCUT2D eigenvalue weighted by Gasteiger charge is -2.20. The molecule has 3 nitrogen and oxygen atoms in total. The van der Waals surface area contributed by atoms with Crippen LogP contribution in [0.1, 0.15) is 20.3 Å². The second kappa shape index (κ2) is 3.31. The molecule has 0 saturated heterocycles. The maximum Gasteiger partial charge on any atom is 0.177 e. The van der Waals surface area contributed by atoms with E-state index in [2.05, 4.69) is 5.32 Å². The van der Waals surface area contributed by atoms with E-state index in [1.165, 1.54) is 0 Å². The Labute approximate surface area is 55.3 Å². The van der Waals surface area contributed by atoms with Gasteiger partial charge in [-0.2, -0.15) is 5.26 Å². The lowest BCUT2D eigenvalue weighted by Crippen LogP contribution is -2.36. The quantitative estimate of drug-likeness (QED) is 0.422. The summed E-state index contributed by atoms with van der Waals surface area (Å²) in [5.74, 6) is 0. The highest BCUT2D eigenvalue weighted by atomic mass is 16.3. The predicted octanol–water partition coefficient (Wildman–Crippen LogP) is 0.218. The van der Waals surface area contributed by atoms with Crippen molar-refractivity contribution in [1.82, 2.24) is 5.32 Å². The van der Waals surface area contributed by atoms with Crippen molar-refractivity contribution in [2.75, 3.05) is 6.61 Å². The second-order valence-corrected chi connectivity index (χ2v) is 2.59. The van der Waals surface area contributed by atoms with Gasteiger partial charge in [-0.1, -0.05) is 0 Å². The van der Waals surface area contributed by atoms with Crippen molar-refractivity contribution in [1.29, 1.82) is 5.26 Å². The highest BCUT2D eigenvalue weighted by molar-refractivity contribution is 4.84. The van der Waals surface area contributed by atoms with Gasteiger partial charge in [-0.25, -0.2) is 0 Å². The Morgan fingerprint density at radius 2 is 2.22 bits per heavy atom. The average molecular weight is 128 g/mol. The summed E-state index contributed by atoms with van der Waals surface area (Å²) in [5, 5.41) is 19.2. The largest absolute Gasteiger partial charge is 0.396 e. The fraction of sp³-hybridized carbons (Fsp3) is 0.833. The van der Waals surface area contributed by atoms with Crippen molar-refractivity contribution in [3.8, 4) is 6.19 Å². The number of hydrogen-bond donors (Lipinski definition) is 2. The van der Waals surface area contributed by atoms with Gasteiger partial charge in [0.1, 0.15) is 0 Å². The molecule has 3 heteroatoms. The zero-order chi connectivity index (χ0) is 7.33. The first kappa shape index (κ1) is 8.25. The Kier molecular flexibility index (Phi) is 3.03. The molecule has 52 valence electrons. The molecule has 0 amide bonds. The van der Waals surface area contributed by atoms with E-state index in [0.29, 0.717) is 6.42 Å². The van der Waals surface area contributed by atoms with Crippen LogP contribution in [0.2, 0.25) is 0 Å². The Morgan fingerprint density at radius 1 is 1.67 bits per heavy atom. The van der Waals surface area contributed by atoms with Gasteiger partial charge < -0.3 is 10.4 Å². The number of aliphatic hydroxyl groups is 1. The molecule has 0 aliphatic rings. The number of nitrogens with zero attached hydrogens (tertiary/aromatic N) is 1. The SMILES string of the molecule is CC(C)(CCO)NC#N. The normalized spacial score (nSPS) is 10.4. The van der Waals surface area contributed by atoms with Crippen molar-refractivity contribution in [3.05, 3.63) is 0 Å². The van der Waals surface area contributed by atoms with E-state index in [-0.39, 0.29) is 12.1 Å². The van der Waals surface area contributed by atoms with Crippen LogP contribution in [0.15, 0.2) is 0 Å². The van der Waals surface area contributed by atoms with Gasteiger partial charge in [-0.05, 0) is 20.3 Å². The van der Waals surface area contributed by atoms with Crippen LogP contribution >= 0.6 is 0 Å². The van der Waals surface area contributed by atoms with Crippen LogP contribution in [0.5, 0.6) is 0 Å². The van der Waals surface area contributed by atoms with Crippen molar-refractivity contribution in [2.45, 2.75) is 25.8 Å². The molecule has 0 aromatic carbocycles. The summed E-state index contributed by atoms with van der Waals surface area (Å²) in [7, 11) is 0. The van der Waals surface area contributed by atoms with Gasteiger partial charge in [0.2, 0.25) is 0 Å². The van der Waals surface area contributed by atoms with E-state index in [4.69, 9.17) is 10.4 Å². The van der Waals surface area contributed by atoms with Gasteiger partial charge in [-0.3, -0.25) is 0 Å². The maximum atomic E-state index is 8.48. The molecule has 9 heavy (non-hydrogen) atoms. The molecule has 0 fully saturated rings. The molecule has 0 unspecified atom stereocenters. The summed E-state index contributed by atoms with van der Waals surface area (Å²) in [6.07, 6.45) is 2.43. The summed E-state index contributed by atoms with van der Waals surface area (Å²) in [6.45, 7) is 3.85. The molecule has 2 N–H and O–H groups in total. The first-order valence-electron chi connectivity index (χ1n) is 2.89. The molecule has 0 heterocycles. The third-order valence-corrected chi connectivity index (χ3v) is 1.13. The molecule has 0 aromatic heterocycles. The fourth-order valence-electron chi connectivity index (χ4n) is 0.493. The Hall–Kier alpha value is -0.750. The van der Waals surface area contributed by atoms with Crippen molar-refractivity contribution in [3.63, 3.8) is 0 Å². The van der Waals surface area contributed by atoms with Gasteiger partial charge in [0.05, 0.1) is 0 Å². The monoisotopic (exact) mass is 128 g/mol. The third kappa shape index (κ3) is 3.80. The van der Waals surface area contributed by atoms with Gasteiger partial charge in [0.25, 0.3) is 0 Å². The zero-order valence-electron chi connectivity index (χ0n) is 5.81. The van der Waals surface area contributed by atoms with Crippen LogP contribution in [-0.4, -0.2) is 17.3 Å². The number of nitrogens with one attached hydrogen (secondary N) is 1. The lowest BCUT2D eigenvalue weighted by atomic mass is 10.0. The average Bonchev–Trinajstić information content (AvgIpc) is 1.64. The first-order valence-corrected chi connectivity index (χ1v) is 2.89. The van der Waals surface area contributed by atoms with Gasteiger partial charge in [0.15, 0.2) is 6.19 Å². The molecule has 0 aliphatic carbocycles. The summed E-state index contributed by atoms with van der Waals surface area (Å²) >= 11 is 0. The van der Waals surface area contributed by atoms with E-state index < -0.39 is 0 Å². The summed E-state index contributed by atoms with van der Waals surface area (Å²) < 4.78 is 0. The van der Waals surface area contributed by atoms with Crippen LogP contribution < -0.4 is 5.32 Å². The zero-order valence-corrected chi connectivity index (χ0v) is 5.81. The standard InChI is InChI=1S/C6H12N2O/c1-6(2,3-4-9)8-5-7/h8-9H,3-4H2,1-2H3. The lowest BCUT2D eigenvalue weighted by molar-refractivity contribution is 0.242. The van der Waals surface area contributed by atoms with Crippen molar-refractivity contribution < 1.29 is 5.11 Å². The minimum absolute atomic E-state index is 0.113. The van der Waals surface area contributed by atoms with Crippen LogP contribution in [0.4, 0.5) is 0 Å². The summed E-state index contributed by atoms with van der Waals surface area (Å²) in [4.78, 5) is 0. The van der Waals surface area contributed by atoms with E-state index in [1.807, 2.05) is 20.0 Å². The Bertz CT molecular complexity index is 115. The van der Waals surface area contributed by atoms with E-state index in [1.54, 1.807) is 0 Å². The Morgan fingerprint density at radius 3 is 2.56 bits per heavy atom. The number of rotatable bonds is 3. The predicted molar refractivity (Wildman–Crippen MR) is 34.5 cm³/mol. The Balaban J connectivity index is 3.59. The number of aliphatic hydroxyl groups excluding tert-OH is 1. The molecule has 0 rings (SSSR count). The second-order valence-electron chi connectivity index (χ2n) is 2.59. The molecule has 0 saturated carbocycles. The van der Waals surface area contributed by atoms with Gasteiger partial charge >= 0.3 is 0 Å². The van der Waals surface area contributed by atoms with Crippen molar-refractivity contribution in [2.24, 2.45) is 0 Å². The highest BCUT2D eigenvalue weighted by Crippen LogP contribution is 2.05. The van der Waals surface area contributed by atoms with E-state index >= 15 is 0 Å². The van der Waals surface area contributed by atoms with Crippen LogP contribution in [0.3, 0.4) is 0 Å². The van der Waals surface area contributed by atoms with Crippen LogP contribution in [0.25, 0.3) is 0 Å².